The minimum Gasteiger partial charge on any atom is -0.453 e. The second-order valence-corrected chi connectivity index (χ2v) is 4.57. The maximum atomic E-state index is 5.54. The summed E-state index contributed by atoms with van der Waals surface area (Å²) in [6, 6.07) is 4.38. The van der Waals surface area contributed by atoms with Gasteiger partial charge >= 0.3 is 0 Å². The molecule has 0 radical (unpaired) electrons. The van der Waals surface area contributed by atoms with Gasteiger partial charge in [0.2, 0.25) is 0 Å². The van der Waals surface area contributed by atoms with Crippen molar-refractivity contribution >= 4 is 15.9 Å². The van der Waals surface area contributed by atoms with E-state index in [0.717, 1.165) is 22.3 Å². The number of nitrogens with one attached hydrogen (secondary N) is 1. The monoisotopic (exact) mass is 243 g/mol. The largest absolute Gasteiger partial charge is 0.453 e. The van der Waals surface area contributed by atoms with Gasteiger partial charge in [0.15, 0.2) is 4.67 Å². The minimum atomic E-state index is 0.390. The molecule has 3 unspecified atom stereocenters. The molecule has 0 bridgehead atoms. The van der Waals surface area contributed by atoms with Crippen LogP contribution in [0.2, 0.25) is 0 Å². The molecule has 2 nitrogen and oxygen atoms in total. The van der Waals surface area contributed by atoms with Gasteiger partial charge in [-0.3, -0.25) is 0 Å². The van der Waals surface area contributed by atoms with Gasteiger partial charge in [-0.1, -0.05) is 6.92 Å². The summed E-state index contributed by atoms with van der Waals surface area (Å²) in [6.45, 7) is 2.28. The zero-order valence-electron chi connectivity index (χ0n) is 7.88. The summed E-state index contributed by atoms with van der Waals surface area (Å²) in [5.74, 6) is 2.63. The third-order valence-electron chi connectivity index (χ3n) is 2.81. The van der Waals surface area contributed by atoms with Crippen LogP contribution >= 0.6 is 15.9 Å². The highest BCUT2D eigenvalue weighted by Gasteiger charge is 2.40. The molecule has 0 saturated heterocycles. The fourth-order valence-electron chi connectivity index (χ4n) is 1.88. The van der Waals surface area contributed by atoms with Gasteiger partial charge in [0.05, 0.1) is 6.04 Å². The number of furan rings is 1. The highest BCUT2D eigenvalue weighted by molar-refractivity contribution is 9.10. The Morgan fingerprint density at radius 1 is 1.62 bits per heavy atom. The van der Waals surface area contributed by atoms with E-state index < -0.39 is 0 Å². The Bertz CT molecular complexity index is 297. The van der Waals surface area contributed by atoms with Crippen molar-refractivity contribution in [2.24, 2.45) is 11.8 Å². The predicted molar refractivity (Wildman–Crippen MR) is 55.5 cm³/mol. The van der Waals surface area contributed by atoms with E-state index in [-0.39, 0.29) is 0 Å². The average molecular weight is 244 g/mol. The van der Waals surface area contributed by atoms with E-state index in [1.54, 1.807) is 0 Å². The van der Waals surface area contributed by atoms with Crippen LogP contribution < -0.4 is 5.32 Å². The highest BCUT2D eigenvalue weighted by Crippen LogP contribution is 2.47. The smallest absolute Gasteiger partial charge is 0.169 e. The molecule has 1 aliphatic rings. The molecule has 2 rings (SSSR count). The van der Waals surface area contributed by atoms with Crippen molar-refractivity contribution in [3.63, 3.8) is 0 Å². The van der Waals surface area contributed by atoms with E-state index in [2.05, 4.69) is 28.2 Å². The maximum absolute atomic E-state index is 5.54. The van der Waals surface area contributed by atoms with Crippen molar-refractivity contribution in [2.45, 2.75) is 19.4 Å². The van der Waals surface area contributed by atoms with Crippen LogP contribution in [0.4, 0.5) is 0 Å². The molecular formula is C10H14BrNO. The Balaban J connectivity index is 2.13. The molecule has 0 amide bonds. The van der Waals surface area contributed by atoms with Gasteiger partial charge in [-0.15, -0.1) is 0 Å². The Morgan fingerprint density at radius 3 is 2.69 bits per heavy atom. The van der Waals surface area contributed by atoms with E-state index in [1.165, 1.54) is 6.42 Å². The third-order valence-corrected chi connectivity index (χ3v) is 3.24. The second-order valence-electron chi connectivity index (χ2n) is 3.79. The lowest BCUT2D eigenvalue weighted by Gasteiger charge is -2.12. The van der Waals surface area contributed by atoms with Crippen LogP contribution in [-0.2, 0) is 0 Å². The molecule has 13 heavy (non-hydrogen) atoms. The molecule has 0 aliphatic heterocycles. The van der Waals surface area contributed by atoms with Gasteiger partial charge in [-0.2, -0.15) is 0 Å². The summed E-state index contributed by atoms with van der Waals surface area (Å²) in [5.41, 5.74) is 0. The van der Waals surface area contributed by atoms with Gasteiger partial charge in [0.25, 0.3) is 0 Å². The number of rotatable bonds is 3. The molecule has 1 heterocycles. The second kappa shape index (κ2) is 3.46. The molecule has 1 fully saturated rings. The number of hydrogen-bond donors (Lipinski definition) is 1. The normalized spacial score (nSPS) is 28.8. The first-order valence-corrected chi connectivity index (χ1v) is 5.44. The van der Waals surface area contributed by atoms with Crippen molar-refractivity contribution < 1.29 is 4.42 Å². The first kappa shape index (κ1) is 9.28. The van der Waals surface area contributed by atoms with Crippen molar-refractivity contribution in [3.8, 4) is 0 Å². The molecule has 1 aromatic heterocycles. The summed E-state index contributed by atoms with van der Waals surface area (Å²) in [5, 5.41) is 3.31. The molecule has 0 aromatic carbocycles. The van der Waals surface area contributed by atoms with E-state index in [0.29, 0.717) is 6.04 Å². The summed E-state index contributed by atoms with van der Waals surface area (Å²) < 4.78 is 6.36. The molecule has 1 N–H and O–H groups in total. The number of halogens is 1. The van der Waals surface area contributed by atoms with Crippen LogP contribution in [0.3, 0.4) is 0 Å². The number of hydrogen-bond acceptors (Lipinski definition) is 2. The minimum absolute atomic E-state index is 0.390. The lowest BCUT2D eigenvalue weighted by molar-refractivity contribution is 0.383. The van der Waals surface area contributed by atoms with Gasteiger partial charge < -0.3 is 9.73 Å². The lowest BCUT2D eigenvalue weighted by Crippen LogP contribution is -2.18. The molecule has 72 valence electrons. The Morgan fingerprint density at radius 2 is 2.31 bits per heavy atom. The van der Waals surface area contributed by atoms with Crippen molar-refractivity contribution in [1.29, 1.82) is 0 Å². The van der Waals surface area contributed by atoms with E-state index in [9.17, 15) is 0 Å². The third kappa shape index (κ3) is 1.81. The van der Waals surface area contributed by atoms with Crippen molar-refractivity contribution in [3.05, 3.63) is 22.6 Å². The fraction of sp³-hybridized carbons (Fsp3) is 0.600. The Kier molecular flexibility index (Phi) is 2.47. The first-order valence-electron chi connectivity index (χ1n) is 4.65. The molecule has 3 atom stereocenters. The molecule has 0 spiro atoms. The first-order chi connectivity index (χ1) is 6.22. The Labute approximate surface area is 86.8 Å². The topological polar surface area (TPSA) is 25.2 Å². The van der Waals surface area contributed by atoms with Crippen LogP contribution in [0.1, 0.15) is 25.1 Å². The molecule has 1 aliphatic carbocycles. The van der Waals surface area contributed by atoms with Crippen molar-refractivity contribution in [2.75, 3.05) is 7.05 Å². The van der Waals surface area contributed by atoms with Gasteiger partial charge in [-0.05, 0) is 53.4 Å². The summed E-state index contributed by atoms with van der Waals surface area (Å²) in [7, 11) is 1.99. The molecule has 3 heteroatoms. The van der Waals surface area contributed by atoms with E-state index >= 15 is 0 Å². The highest BCUT2D eigenvalue weighted by atomic mass is 79.9. The van der Waals surface area contributed by atoms with Gasteiger partial charge in [0, 0.05) is 0 Å². The molecule has 1 aromatic rings. The lowest BCUT2D eigenvalue weighted by atomic mass is 10.1. The SMILES string of the molecule is CNC(c1ccc(Br)o1)C1CC1C. The summed E-state index contributed by atoms with van der Waals surface area (Å²) >= 11 is 3.32. The van der Waals surface area contributed by atoms with Gasteiger partial charge in [-0.25, -0.2) is 0 Å². The van der Waals surface area contributed by atoms with Crippen LogP contribution in [0.5, 0.6) is 0 Å². The van der Waals surface area contributed by atoms with Crippen LogP contribution in [0, 0.1) is 11.8 Å². The molecule has 1 saturated carbocycles. The van der Waals surface area contributed by atoms with Crippen molar-refractivity contribution in [1.82, 2.24) is 5.32 Å². The van der Waals surface area contributed by atoms with Crippen LogP contribution in [-0.4, -0.2) is 7.05 Å². The summed E-state index contributed by atoms with van der Waals surface area (Å²) in [6.07, 6.45) is 1.31. The molecular weight excluding hydrogens is 230 g/mol. The Hall–Kier alpha value is -0.280. The predicted octanol–water partition coefficient (Wildman–Crippen LogP) is 2.96. The maximum Gasteiger partial charge on any atom is 0.169 e. The average Bonchev–Trinajstić information content (AvgIpc) is 2.62. The van der Waals surface area contributed by atoms with E-state index in [1.807, 2.05) is 19.2 Å². The zero-order chi connectivity index (χ0) is 9.42. The standard InChI is InChI=1S/C10H14BrNO/c1-6-5-7(6)10(12-2)8-3-4-9(11)13-8/h3-4,6-7,10,12H,5H2,1-2H3. The fourth-order valence-corrected chi connectivity index (χ4v) is 2.20. The van der Waals surface area contributed by atoms with Crippen LogP contribution in [0.25, 0.3) is 0 Å². The van der Waals surface area contributed by atoms with Crippen LogP contribution in [0.15, 0.2) is 21.2 Å². The van der Waals surface area contributed by atoms with E-state index in [4.69, 9.17) is 4.42 Å². The quantitative estimate of drug-likeness (QED) is 0.884. The zero-order valence-corrected chi connectivity index (χ0v) is 9.47. The summed E-state index contributed by atoms with van der Waals surface area (Å²) in [4.78, 5) is 0. The van der Waals surface area contributed by atoms with Gasteiger partial charge in [0.1, 0.15) is 5.76 Å².